The molecule has 2 aromatic rings. The van der Waals surface area contributed by atoms with E-state index in [4.69, 9.17) is 14.6 Å². The lowest BCUT2D eigenvalue weighted by molar-refractivity contribution is 0.0685. The average molecular weight is 358 g/mol. The number of ether oxygens (including phenoxy) is 2. The molecule has 136 valence electrons. The molecule has 0 radical (unpaired) electrons. The van der Waals surface area contributed by atoms with Gasteiger partial charge in [-0.05, 0) is 18.2 Å². The van der Waals surface area contributed by atoms with Crippen LogP contribution in [0.4, 0.5) is 11.4 Å². The van der Waals surface area contributed by atoms with Gasteiger partial charge in [0.25, 0.3) is 5.91 Å². The fourth-order valence-corrected chi connectivity index (χ4v) is 2.65. The summed E-state index contributed by atoms with van der Waals surface area (Å²) < 4.78 is 10.6. The van der Waals surface area contributed by atoms with Crippen LogP contribution in [0.2, 0.25) is 0 Å². The summed E-state index contributed by atoms with van der Waals surface area (Å²) in [6.45, 7) is 2.75. The topological polar surface area (TPSA) is 114 Å². The van der Waals surface area contributed by atoms with E-state index < -0.39 is 17.6 Å². The summed E-state index contributed by atoms with van der Waals surface area (Å²) in [4.78, 5) is 33.4. The molecule has 9 heteroatoms. The third-order valence-corrected chi connectivity index (χ3v) is 3.92. The van der Waals surface area contributed by atoms with Gasteiger partial charge in [-0.3, -0.25) is 4.79 Å². The first-order valence-corrected chi connectivity index (χ1v) is 7.96. The Kier molecular flexibility index (Phi) is 5.28. The van der Waals surface area contributed by atoms with Crippen LogP contribution >= 0.6 is 0 Å². The van der Waals surface area contributed by atoms with Crippen molar-refractivity contribution in [1.82, 2.24) is 9.97 Å². The van der Waals surface area contributed by atoms with E-state index in [1.54, 1.807) is 12.1 Å². The first-order valence-electron chi connectivity index (χ1n) is 7.96. The van der Waals surface area contributed by atoms with E-state index in [1.165, 1.54) is 19.5 Å². The molecule has 1 aromatic heterocycles. The molecule has 0 spiro atoms. The summed E-state index contributed by atoms with van der Waals surface area (Å²) in [6.07, 6.45) is 2.49. The molecule has 1 fully saturated rings. The number of carboxylic acid groups (broad SMARTS) is 1. The van der Waals surface area contributed by atoms with Crippen LogP contribution in [0.5, 0.6) is 5.75 Å². The molecule has 1 aliphatic heterocycles. The summed E-state index contributed by atoms with van der Waals surface area (Å²) in [6, 6.07) is 5.42. The Morgan fingerprint density at radius 1 is 1.19 bits per heavy atom. The maximum atomic E-state index is 12.5. The molecule has 0 bridgehead atoms. The minimum atomic E-state index is -1.32. The second kappa shape index (κ2) is 7.79. The highest BCUT2D eigenvalue weighted by molar-refractivity contribution is 6.09. The number of anilines is 2. The third kappa shape index (κ3) is 3.72. The van der Waals surface area contributed by atoms with Gasteiger partial charge in [-0.2, -0.15) is 0 Å². The highest BCUT2D eigenvalue weighted by Gasteiger charge is 2.21. The van der Waals surface area contributed by atoms with Crippen LogP contribution in [0.1, 0.15) is 21.0 Å². The molecule has 1 aromatic carbocycles. The predicted molar refractivity (Wildman–Crippen MR) is 93.0 cm³/mol. The Bertz CT molecular complexity index is 821. The molecule has 0 unspecified atom stereocenters. The molecule has 9 nitrogen and oxygen atoms in total. The monoisotopic (exact) mass is 358 g/mol. The van der Waals surface area contributed by atoms with Crippen LogP contribution in [0.3, 0.4) is 0 Å². The van der Waals surface area contributed by atoms with Crippen LogP contribution in [0.15, 0.2) is 30.6 Å². The molecule has 2 N–H and O–H groups in total. The van der Waals surface area contributed by atoms with E-state index in [1.807, 2.05) is 6.07 Å². The van der Waals surface area contributed by atoms with Gasteiger partial charge in [0, 0.05) is 31.2 Å². The van der Waals surface area contributed by atoms with E-state index >= 15 is 0 Å². The Morgan fingerprint density at radius 3 is 2.54 bits per heavy atom. The smallest absolute Gasteiger partial charge is 0.356 e. The Hall–Kier alpha value is -3.20. The van der Waals surface area contributed by atoms with E-state index in [2.05, 4.69) is 20.2 Å². The molecule has 26 heavy (non-hydrogen) atoms. The fraction of sp³-hybridized carbons (Fsp3) is 0.294. The largest absolute Gasteiger partial charge is 0.495 e. The first-order chi connectivity index (χ1) is 12.6. The highest BCUT2D eigenvalue weighted by Crippen LogP contribution is 2.30. The van der Waals surface area contributed by atoms with Crippen LogP contribution in [0.25, 0.3) is 0 Å². The lowest BCUT2D eigenvalue weighted by Crippen LogP contribution is -2.36. The van der Waals surface area contributed by atoms with E-state index in [0.29, 0.717) is 24.7 Å². The molecular formula is C17H18N4O5. The SMILES string of the molecule is COc1ccc(N2CCOCC2)cc1NC(=O)c1nccnc1C(=O)O. The number of rotatable bonds is 5. The second-order valence-electron chi connectivity index (χ2n) is 5.50. The van der Waals surface area contributed by atoms with Crippen LogP contribution in [-0.4, -0.2) is 60.4 Å². The average Bonchev–Trinajstić information content (AvgIpc) is 2.68. The number of carboxylic acids is 1. The number of hydrogen-bond donors (Lipinski definition) is 2. The third-order valence-electron chi connectivity index (χ3n) is 3.92. The summed E-state index contributed by atoms with van der Waals surface area (Å²) in [7, 11) is 1.49. The summed E-state index contributed by atoms with van der Waals surface area (Å²) in [5.74, 6) is -1.54. The van der Waals surface area contributed by atoms with Gasteiger partial charge < -0.3 is 24.8 Å². The summed E-state index contributed by atoms with van der Waals surface area (Å²) in [5, 5.41) is 11.8. The van der Waals surface area contributed by atoms with Gasteiger partial charge in [0.2, 0.25) is 0 Å². The number of nitrogens with zero attached hydrogens (tertiary/aromatic N) is 3. The van der Waals surface area contributed by atoms with Crippen molar-refractivity contribution in [2.24, 2.45) is 0 Å². The van der Waals surface area contributed by atoms with Gasteiger partial charge in [-0.15, -0.1) is 0 Å². The number of carbonyl (C=O) groups excluding carboxylic acids is 1. The van der Waals surface area contributed by atoms with Crippen molar-refractivity contribution in [3.63, 3.8) is 0 Å². The lowest BCUT2D eigenvalue weighted by Gasteiger charge is -2.29. The quantitative estimate of drug-likeness (QED) is 0.821. The van der Waals surface area contributed by atoms with Gasteiger partial charge in [0.05, 0.1) is 26.0 Å². The molecule has 0 atom stereocenters. The minimum absolute atomic E-state index is 0.265. The van der Waals surface area contributed by atoms with Crippen LogP contribution < -0.4 is 15.0 Å². The van der Waals surface area contributed by atoms with Crippen molar-refractivity contribution < 1.29 is 24.2 Å². The van der Waals surface area contributed by atoms with Gasteiger partial charge in [-0.25, -0.2) is 14.8 Å². The number of aromatic carboxylic acids is 1. The number of nitrogens with one attached hydrogen (secondary N) is 1. The van der Waals surface area contributed by atoms with Crippen molar-refractivity contribution >= 4 is 23.3 Å². The standard InChI is InChI=1S/C17H18N4O5/c1-25-13-3-2-11(21-6-8-26-9-7-21)10-12(13)20-16(22)14-15(17(23)24)19-5-4-18-14/h2-5,10H,6-9H2,1H3,(H,20,22)(H,23,24). The molecule has 3 rings (SSSR count). The van der Waals surface area contributed by atoms with E-state index in [9.17, 15) is 9.59 Å². The Morgan fingerprint density at radius 2 is 1.88 bits per heavy atom. The lowest BCUT2D eigenvalue weighted by atomic mass is 10.2. The maximum Gasteiger partial charge on any atom is 0.356 e. The number of morpholine rings is 1. The van der Waals surface area contributed by atoms with Crippen LogP contribution in [-0.2, 0) is 4.74 Å². The van der Waals surface area contributed by atoms with Gasteiger partial charge in [0.1, 0.15) is 5.75 Å². The second-order valence-corrected chi connectivity index (χ2v) is 5.50. The molecule has 0 aliphatic carbocycles. The molecule has 1 amide bonds. The van der Waals surface area contributed by atoms with Crippen molar-refractivity contribution in [1.29, 1.82) is 0 Å². The fourth-order valence-electron chi connectivity index (χ4n) is 2.65. The predicted octanol–water partition coefficient (Wildman–Crippen LogP) is 1.27. The maximum absolute atomic E-state index is 12.5. The molecule has 1 saturated heterocycles. The van der Waals surface area contributed by atoms with E-state index in [0.717, 1.165) is 18.8 Å². The van der Waals surface area contributed by atoms with Crippen molar-refractivity contribution in [2.45, 2.75) is 0 Å². The van der Waals surface area contributed by atoms with Crippen LogP contribution in [0, 0.1) is 0 Å². The summed E-state index contributed by atoms with van der Waals surface area (Å²) >= 11 is 0. The molecule has 2 heterocycles. The minimum Gasteiger partial charge on any atom is -0.495 e. The normalized spacial score (nSPS) is 14.0. The number of hydrogen-bond acceptors (Lipinski definition) is 7. The Labute approximate surface area is 149 Å². The molecule has 1 aliphatic rings. The highest BCUT2D eigenvalue weighted by atomic mass is 16.5. The number of amides is 1. The number of methoxy groups -OCH3 is 1. The Balaban J connectivity index is 1.88. The number of carbonyl (C=O) groups is 2. The zero-order valence-corrected chi connectivity index (χ0v) is 14.1. The number of aromatic nitrogens is 2. The first kappa shape index (κ1) is 17.6. The zero-order valence-electron chi connectivity index (χ0n) is 14.1. The zero-order chi connectivity index (χ0) is 18.5. The molecule has 0 saturated carbocycles. The summed E-state index contributed by atoms with van der Waals surface area (Å²) in [5.41, 5.74) is 0.651. The van der Waals surface area contributed by atoms with Crippen molar-refractivity contribution in [3.05, 3.63) is 42.0 Å². The van der Waals surface area contributed by atoms with E-state index in [-0.39, 0.29) is 5.69 Å². The van der Waals surface area contributed by atoms with Gasteiger partial charge >= 0.3 is 5.97 Å². The van der Waals surface area contributed by atoms with Gasteiger partial charge in [-0.1, -0.05) is 0 Å². The van der Waals surface area contributed by atoms with Crippen molar-refractivity contribution in [2.75, 3.05) is 43.6 Å². The van der Waals surface area contributed by atoms with Crippen molar-refractivity contribution in [3.8, 4) is 5.75 Å². The van der Waals surface area contributed by atoms with Gasteiger partial charge in [0.15, 0.2) is 11.4 Å². The molecular weight excluding hydrogens is 340 g/mol. The number of benzene rings is 1.